The van der Waals surface area contributed by atoms with Crippen LogP contribution in [0.1, 0.15) is 37.3 Å². The molecule has 1 saturated carbocycles. The van der Waals surface area contributed by atoms with Crippen LogP contribution in [0.2, 0.25) is 0 Å². The summed E-state index contributed by atoms with van der Waals surface area (Å²) in [5, 5.41) is 21.2. The highest BCUT2D eigenvalue weighted by atomic mass is 16.4. The number of benzene rings is 1. The molecule has 0 radical (unpaired) electrons. The van der Waals surface area contributed by atoms with Gasteiger partial charge in [-0.15, -0.1) is 0 Å². The van der Waals surface area contributed by atoms with Gasteiger partial charge in [0.1, 0.15) is 0 Å². The third kappa shape index (κ3) is 2.78. The van der Waals surface area contributed by atoms with Gasteiger partial charge in [0.2, 0.25) is 5.91 Å². The third-order valence-corrected chi connectivity index (χ3v) is 4.36. The molecule has 1 aromatic rings. The fourth-order valence-corrected chi connectivity index (χ4v) is 2.76. The molecule has 1 aromatic carbocycles. The number of hydrogen-bond acceptors (Lipinski definition) is 3. The molecule has 0 heterocycles. The molecule has 1 amide bonds. The van der Waals surface area contributed by atoms with E-state index in [0.29, 0.717) is 0 Å². The second-order valence-electron chi connectivity index (χ2n) is 6.01. The molecule has 21 heavy (non-hydrogen) atoms. The number of aliphatic carboxylic acids is 1. The Labute approximate surface area is 124 Å². The zero-order valence-corrected chi connectivity index (χ0v) is 12.3. The van der Waals surface area contributed by atoms with Crippen LogP contribution in [0.25, 0.3) is 0 Å². The Kier molecular flexibility index (Phi) is 4.05. The molecular weight excluding hydrogens is 270 g/mol. The van der Waals surface area contributed by atoms with Gasteiger partial charge in [-0.2, -0.15) is 0 Å². The van der Waals surface area contributed by atoms with Gasteiger partial charge in [0, 0.05) is 0 Å². The minimum absolute atomic E-state index is 0.204. The standard InChI is InChI=1S/C16H21NO4/c1-11-6-3-4-7-12(11)16(8-5-9-16)13(18)17-10-15(2,21)14(19)20/h3-4,6-7,21H,5,8-10H2,1-2H3,(H,17,18)(H,19,20). The summed E-state index contributed by atoms with van der Waals surface area (Å²) in [5.74, 6) is -1.55. The minimum Gasteiger partial charge on any atom is -0.479 e. The maximum absolute atomic E-state index is 12.6. The Hall–Kier alpha value is -1.88. The highest BCUT2D eigenvalue weighted by Gasteiger charge is 2.46. The predicted octanol–water partition coefficient (Wildman–Crippen LogP) is 1.37. The van der Waals surface area contributed by atoms with Crippen LogP contribution >= 0.6 is 0 Å². The van der Waals surface area contributed by atoms with E-state index >= 15 is 0 Å². The molecule has 0 aromatic heterocycles. The van der Waals surface area contributed by atoms with Crippen LogP contribution in [-0.4, -0.2) is 34.2 Å². The van der Waals surface area contributed by atoms with Crippen molar-refractivity contribution in [3.8, 4) is 0 Å². The summed E-state index contributed by atoms with van der Waals surface area (Å²) in [6.07, 6.45) is 2.47. The summed E-state index contributed by atoms with van der Waals surface area (Å²) in [4.78, 5) is 23.4. The Balaban J connectivity index is 2.17. The van der Waals surface area contributed by atoms with Gasteiger partial charge < -0.3 is 15.5 Å². The zero-order chi connectivity index (χ0) is 15.7. The summed E-state index contributed by atoms with van der Waals surface area (Å²) in [6.45, 7) is 2.85. The molecule has 1 aliphatic carbocycles. The first-order valence-corrected chi connectivity index (χ1v) is 7.10. The minimum atomic E-state index is -1.95. The number of carbonyl (C=O) groups excluding carboxylic acids is 1. The average Bonchev–Trinajstić information content (AvgIpc) is 2.37. The Morgan fingerprint density at radius 2 is 1.95 bits per heavy atom. The van der Waals surface area contributed by atoms with Crippen molar-refractivity contribution in [3.63, 3.8) is 0 Å². The zero-order valence-electron chi connectivity index (χ0n) is 12.3. The van der Waals surface area contributed by atoms with Gasteiger partial charge in [0.05, 0.1) is 12.0 Å². The van der Waals surface area contributed by atoms with Gasteiger partial charge in [-0.3, -0.25) is 4.79 Å². The Morgan fingerprint density at radius 3 is 2.43 bits per heavy atom. The van der Waals surface area contributed by atoms with Crippen LogP contribution in [0, 0.1) is 6.92 Å². The molecule has 5 nitrogen and oxygen atoms in total. The fourth-order valence-electron chi connectivity index (χ4n) is 2.76. The van der Waals surface area contributed by atoms with E-state index < -0.39 is 17.0 Å². The number of rotatable bonds is 5. The summed E-state index contributed by atoms with van der Waals surface area (Å²) < 4.78 is 0. The van der Waals surface area contributed by atoms with Gasteiger partial charge in [0.15, 0.2) is 5.60 Å². The largest absolute Gasteiger partial charge is 0.479 e. The molecule has 1 fully saturated rings. The quantitative estimate of drug-likeness (QED) is 0.764. The lowest BCUT2D eigenvalue weighted by Crippen LogP contribution is -2.54. The van der Waals surface area contributed by atoms with Crippen LogP contribution < -0.4 is 5.32 Å². The summed E-state index contributed by atoms with van der Waals surface area (Å²) in [7, 11) is 0. The van der Waals surface area contributed by atoms with Crippen LogP contribution in [0.3, 0.4) is 0 Å². The lowest BCUT2D eigenvalue weighted by molar-refractivity contribution is -0.156. The van der Waals surface area contributed by atoms with E-state index in [1.165, 1.54) is 6.92 Å². The number of aryl methyl sites for hydroxylation is 1. The molecule has 0 saturated heterocycles. The molecule has 2 rings (SSSR count). The first-order valence-electron chi connectivity index (χ1n) is 7.10. The van der Waals surface area contributed by atoms with Crippen molar-refractivity contribution >= 4 is 11.9 Å². The summed E-state index contributed by atoms with van der Waals surface area (Å²) in [6, 6.07) is 7.75. The number of amides is 1. The topological polar surface area (TPSA) is 86.6 Å². The first-order chi connectivity index (χ1) is 9.79. The molecule has 3 N–H and O–H groups in total. The number of carboxylic acids is 1. The first kappa shape index (κ1) is 15.5. The highest BCUT2D eigenvalue weighted by molar-refractivity contribution is 5.90. The second kappa shape index (κ2) is 5.48. The number of nitrogens with one attached hydrogen (secondary N) is 1. The van der Waals surface area contributed by atoms with E-state index in [-0.39, 0.29) is 12.5 Å². The van der Waals surface area contributed by atoms with Crippen molar-refractivity contribution in [2.45, 2.75) is 44.1 Å². The highest BCUT2D eigenvalue weighted by Crippen LogP contribution is 2.45. The lowest BCUT2D eigenvalue weighted by atomic mass is 9.62. The SMILES string of the molecule is Cc1ccccc1C1(C(=O)NCC(C)(O)C(=O)O)CCC1. The van der Waals surface area contributed by atoms with E-state index in [9.17, 15) is 14.7 Å². The van der Waals surface area contributed by atoms with Crippen LogP contribution in [0.5, 0.6) is 0 Å². The molecule has 114 valence electrons. The molecule has 0 bridgehead atoms. The van der Waals surface area contributed by atoms with E-state index in [4.69, 9.17) is 5.11 Å². The Bertz CT molecular complexity index is 561. The fraction of sp³-hybridized carbons (Fsp3) is 0.500. The number of aliphatic hydroxyl groups is 1. The maximum atomic E-state index is 12.6. The van der Waals surface area contributed by atoms with Gasteiger partial charge in [-0.05, 0) is 37.8 Å². The molecule has 0 aliphatic heterocycles. The van der Waals surface area contributed by atoms with Crippen LogP contribution in [-0.2, 0) is 15.0 Å². The predicted molar refractivity (Wildman–Crippen MR) is 78.0 cm³/mol. The smallest absolute Gasteiger partial charge is 0.337 e. The lowest BCUT2D eigenvalue weighted by Gasteiger charge is -2.42. The van der Waals surface area contributed by atoms with E-state index in [0.717, 1.165) is 30.4 Å². The molecule has 1 aliphatic rings. The summed E-state index contributed by atoms with van der Waals surface area (Å²) in [5.41, 5.74) is -0.493. The van der Waals surface area contributed by atoms with E-state index in [2.05, 4.69) is 5.32 Å². The molecule has 5 heteroatoms. The van der Waals surface area contributed by atoms with Crippen molar-refractivity contribution in [3.05, 3.63) is 35.4 Å². The van der Waals surface area contributed by atoms with Crippen LogP contribution in [0.4, 0.5) is 0 Å². The van der Waals surface area contributed by atoms with Gasteiger partial charge >= 0.3 is 5.97 Å². The van der Waals surface area contributed by atoms with Crippen LogP contribution in [0.15, 0.2) is 24.3 Å². The number of hydrogen-bond donors (Lipinski definition) is 3. The molecule has 0 spiro atoms. The monoisotopic (exact) mass is 291 g/mol. The van der Waals surface area contributed by atoms with E-state index in [1.54, 1.807) is 0 Å². The average molecular weight is 291 g/mol. The molecule has 1 unspecified atom stereocenters. The van der Waals surface area contributed by atoms with Crippen molar-refractivity contribution in [2.24, 2.45) is 0 Å². The second-order valence-corrected chi connectivity index (χ2v) is 6.01. The maximum Gasteiger partial charge on any atom is 0.337 e. The normalized spacial score (nSPS) is 19.2. The van der Waals surface area contributed by atoms with Crippen molar-refractivity contribution in [1.82, 2.24) is 5.32 Å². The molecular formula is C16H21NO4. The number of carbonyl (C=O) groups is 2. The van der Waals surface area contributed by atoms with Crippen molar-refractivity contribution in [1.29, 1.82) is 0 Å². The summed E-state index contributed by atoms with van der Waals surface area (Å²) >= 11 is 0. The third-order valence-electron chi connectivity index (χ3n) is 4.36. The van der Waals surface area contributed by atoms with Gasteiger partial charge in [0.25, 0.3) is 0 Å². The number of carboxylic acid groups (broad SMARTS) is 1. The van der Waals surface area contributed by atoms with Crippen molar-refractivity contribution < 1.29 is 19.8 Å². The van der Waals surface area contributed by atoms with Gasteiger partial charge in [-0.1, -0.05) is 30.7 Å². The Morgan fingerprint density at radius 1 is 1.33 bits per heavy atom. The van der Waals surface area contributed by atoms with Crippen molar-refractivity contribution in [2.75, 3.05) is 6.54 Å². The molecule has 1 atom stereocenters. The van der Waals surface area contributed by atoms with E-state index in [1.807, 2.05) is 31.2 Å². The van der Waals surface area contributed by atoms with Gasteiger partial charge in [-0.25, -0.2) is 4.79 Å².